The van der Waals surface area contributed by atoms with Gasteiger partial charge < -0.3 is 15.3 Å². The molecule has 1 aliphatic heterocycles. The van der Waals surface area contributed by atoms with Crippen molar-refractivity contribution in [2.75, 3.05) is 13.1 Å². The molecule has 3 rings (SSSR count). The van der Waals surface area contributed by atoms with E-state index in [-0.39, 0.29) is 5.56 Å². The Bertz CT molecular complexity index is 784. The molecule has 0 aromatic heterocycles. The maximum absolute atomic E-state index is 13.6. The molecule has 1 fully saturated rings. The molecule has 146 valence electrons. The van der Waals surface area contributed by atoms with E-state index in [1.165, 1.54) is 0 Å². The number of phenols is 1. The number of benzene rings is 2. The van der Waals surface area contributed by atoms with Crippen molar-refractivity contribution in [2.24, 2.45) is 0 Å². The van der Waals surface area contributed by atoms with Crippen LogP contribution >= 0.6 is 11.6 Å². The zero-order valence-corrected chi connectivity index (χ0v) is 15.6. The van der Waals surface area contributed by atoms with Crippen molar-refractivity contribution in [1.82, 2.24) is 4.90 Å². The van der Waals surface area contributed by atoms with E-state index in [4.69, 9.17) is 11.6 Å². The first kappa shape index (κ1) is 20.0. The lowest BCUT2D eigenvalue weighted by atomic mass is 9.83. The van der Waals surface area contributed by atoms with E-state index in [1.807, 2.05) is 4.90 Å². The Balaban J connectivity index is 1.69. The molecule has 0 saturated carbocycles. The van der Waals surface area contributed by atoms with Gasteiger partial charge in [-0.05, 0) is 55.2 Å². The van der Waals surface area contributed by atoms with E-state index in [9.17, 15) is 24.1 Å². The summed E-state index contributed by atoms with van der Waals surface area (Å²) in [6, 6.07) is 8.55. The predicted molar refractivity (Wildman–Crippen MR) is 98.6 cm³/mol. The highest BCUT2D eigenvalue weighted by Gasteiger charge is 2.36. The Hall–Kier alpha value is -1.73. The third-order valence-electron chi connectivity index (χ3n) is 5.42. The molecule has 0 radical (unpaired) electrons. The quantitative estimate of drug-likeness (QED) is 0.735. The van der Waals surface area contributed by atoms with Crippen LogP contribution in [0, 0.1) is 11.6 Å². The van der Waals surface area contributed by atoms with Gasteiger partial charge in [-0.1, -0.05) is 23.7 Å². The van der Waals surface area contributed by atoms with Crippen LogP contribution in [-0.2, 0) is 5.60 Å². The molecule has 27 heavy (non-hydrogen) atoms. The number of nitrogens with zero attached hydrogens (tertiary/aromatic N) is 1. The van der Waals surface area contributed by atoms with Gasteiger partial charge in [0.1, 0.15) is 0 Å². The molecule has 1 heterocycles. The Kier molecular flexibility index (Phi) is 5.72. The average Bonchev–Trinajstić information content (AvgIpc) is 2.65. The van der Waals surface area contributed by atoms with Gasteiger partial charge in [0.2, 0.25) is 0 Å². The maximum atomic E-state index is 13.6. The molecule has 1 unspecified atom stereocenters. The molecule has 0 bridgehead atoms. The number of halogens is 3. The van der Waals surface area contributed by atoms with Gasteiger partial charge in [-0.3, -0.25) is 4.90 Å². The van der Waals surface area contributed by atoms with Gasteiger partial charge in [0.25, 0.3) is 0 Å². The number of phenolic OH excluding ortho intramolecular Hbond substituents is 1. The van der Waals surface area contributed by atoms with Crippen LogP contribution in [0.5, 0.6) is 5.75 Å². The number of hydrogen-bond donors (Lipinski definition) is 3. The summed E-state index contributed by atoms with van der Waals surface area (Å²) in [5.41, 5.74) is -0.112. The van der Waals surface area contributed by atoms with Crippen LogP contribution in [0.25, 0.3) is 0 Å². The Morgan fingerprint density at radius 1 is 1.07 bits per heavy atom. The number of rotatable bonds is 4. The average molecular weight is 398 g/mol. The van der Waals surface area contributed by atoms with Gasteiger partial charge in [0.05, 0.1) is 11.7 Å². The molecule has 0 spiro atoms. The highest BCUT2D eigenvalue weighted by molar-refractivity contribution is 6.30. The molecule has 2 atom stereocenters. The summed E-state index contributed by atoms with van der Waals surface area (Å²) in [6.07, 6.45) is -0.204. The minimum atomic E-state index is -1.13. The van der Waals surface area contributed by atoms with Gasteiger partial charge in [-0.25, -0.2) is 8.78 Å². The lowest BCUT2D eigenvalue weighted by molar-refractivity contribution is -0.0502. The van der Waals surface area contributed by atoms with Crippen molar-refractivity contribution in [3.8, 4) is 5.75 Å². The first-order chi connectivity index (χ1) is 12.7. The van der Waals surface area contributed by atoms with E-state index in [1.54, 1.807) is 31.2 Å². The fourth-order valence-electron chi connectivity index (χ4n) is 3.58. The standard InChI is InChI=1S/C20H22ClF2NO3/c1-12(18(25)13-10-16(22)19(26)17(23)11-13)24-8-6-20(27,7-9-24)14-2-4-15(21)5-3-14/h2-5,10-12,18,25-27H,6-9H2,1H3/t12-,18?/m1/s1. The lowest BCUT2D eigenvalue weighted by Gasteiger charge is -2.42. The highest BCUT2D eigenvalue weighted by atomic mass is 35.5. The Labute approximate surface area is 161 Å². The molecule has 2 aromatic carbocycles. The minimum Gasteiger partial charge on any atom is -0.503 e. The number of likely N-dealkylation sites (tertiary alicyclic amines) is 1. The van der Waals surface area contributed by atoms with E-state index in [0.29, 0.717) is 31.0 Å². The third kappa shape index (κ3) is 4.09. The van der Waals surface area contributed by atoms with Crippen LogP contribution in [0.2, 0.25) is 5.02 Å². The molecular weight excluding hydrogens is 376 g/mol. The van der Waals surface area contributed by atoms with E-state index < -0.39 is 35.1 Å². The van der Waals surface area contributed by atoms with E-state index in [2.05, 4.69) is 0 Å². The van der Waals surface area contributed by atoms with Crippen molar-refractivity contribution in [2.45, 2.75) is 37.5 Å². The predicted octanol–water partition coefficient (Wildman–Crippen LogP) is 3.73. The summed E-state index contributed by atoms with van der Waals surface area (Å²) in [7, 11) is 0. The van der Waals surface area contributed by atoms with Gasteiger partial charge in [-0.2, -0.15) is 0 Å². The fourth-order valence-corrected chi connectivity index (χ4v) is 3.71. The van der Waals surface area contributed by atoms with Gasteiger partial charge in [-0.15, -0.1) is 0 Å². The smallest absolute Gasteiger partial charge is 0.187 e. The maximum Gasteiger partial charge on any atom is 0.187 e. The summed E-state index contributed by atoms with van der Waals surface area (Å²) in [6.45, 7) is 2.79. The monoisotopic (exact) mass is 397 g/mol. The molecule has 7 heteroatoms. The Morgan fingerprint density at radius 2 is 1.59 bits per heavy atom. The van der Waals surface area contributed by atoms with Gasteiger partial charge in [0, 0.05) is 24.2 Å². The fraction of sp³-hybridized carbons (Fsp3) is 0.400. The van der Waals surface area contributed by atoms with Crippen molar-refractivity contribution in [3.63, 3.8) is 0 Å². The second-order valence-electron chi connectivity index (χ2n) is 7.09. The molecular formula is C20H22ClF2NO3. The van der Waals surface area contributed by atoms with Crippen LogP contribution < -0.4 is 0 Å². The van der Waals surface area contributed by atoms with E-state index >= 15 is 0 Å². The number of aromatic hydroxyl groups is 1. The summed E-state index contributed by atoms with van der Waals surface area (Å²) >= 11 is 5.90. The van der Waals surface area contributed by atoms with Crippen LogP contribution in [0.4, 0.5) is 8.78 Å². The second-order valence-corrected chi connectivity index (χ2v) is 7.53. The summed E-state index contributed by atoms with van der Waals surface area (Å²) in [5, 5.41) is 31.3. The molecule has 0 amide bonds. The van der Waals surface area contributed by atoms with Gasteiger partial charge >= 0.3 is 0 Å². The van der Waals surface area contributed by atoms with Gasteiger partial charge in [0.15, 0.2) is 17.4 Å². The summed E-state index contributed by atoms with van der Waals surface area (Å²) in [5.74, 6) is -3.26. The van der Waals surface area contributed by atoms with Crippen molar-refractivity contribution in [1.29, 1.82) is 0 Å². The van der Waals surface area contributed by atoms with Crippen LogP contribution in [0.15, 0.2) is 36.4 Å². The molecule has 3 N–H and O–H groups in total. The normalized spacial score (nSPS) is 19.6. The molecule has 4 nitrogen and oxygen atoms in total. The van der Waals surface area contributed by atoms with Crippen LogP contribution in [0.1, 0.15) is 37.0 Å². The summed E-state index contributed by atoms with van der Waals surface area (Å²) < 4.78 is 27.1. The number of hydrogen-bond acceptors (Lipinski definition) is 4. The largest absolute Gasteiger partial charge is 0.503 e. The molecule has 2 aromatic rings. The zero-order valence-electron chi connectivity index (χ0n) is 14.9. The molecule has 1 aliphatic rings. The number of piperidine rings is 1. The van der Waals surface area contributed by atoms with Crippen molar-refractivity contribution < 1.29 is 24.1 Å². The van der Waals surface area contributed by atoms with Crippen molar-refractivity contribution >= 4 is 11.6 Å². The third-order valence-corrected chi connectivity index (χ3v) is 5.67. The molecule has 1 saturated heterocycles. The van der Waals surface area contributed by atoms with E-state index in [0.717, 1.165) is 17.7 Å². The first-order valence-corrected chi connectivity index (χ1v) is 9.17. The van der Waals surface area contributed by atoms with Crippen LogP contribution in [0.3, 0.4) is 0 Å². The second kappa shape index (κ2) is 7.72. The zero-order chi connectivity index (χ0) is 19.8. The SMILES string of the molecule is C[C@H](C(O)c1cc(F)c(O)c(F)c1)N1CCC(O)(c2ccc(Cl)cc2)CC1. The lowest BCUT2D eigenvalue weighted by Crippen LogP contribution is -2.47. The molecule has 0 aliphatic carbocycles. The number of aliphatic hydroxyl groups excluding tert-OH is 1. The number of aliphatic hydroxyl groups is 2. The highest BCUT2D eigenvalue weighted by Crippen LogP contribution is 2.36. The van der Waals surface area contributed by atoms with Crippen molar-refractivity contribution in [3.05, 3.63) is 64.2 Å². The topological polar surface area (TPSA) is 63.9 Å². The van der Waals surface area contributed by atoms with Crippen LogP contribution in [-0.4, -0.2) is 39.4 Å². The summed E-state index contributed by atoms with van der Waals surface area (Å²) in [4.78, 5) is 1.97. The Morgan fingerprint density at radius 3 is 2.11 bits per heavy atom. The minimum absolute atomic E-state index is 0.0637. The first-order valence-electron chi connectivity index (χ1n) is 8.80.